The van der Waals surface area contributed by atoms with Crippen LogP contribution in [-0.4, -0.2) is 11.4 Å². The van der Waals surface area contributed by atoms with Gasteiger partial charge in [0.1, 0.15) is 17.2 Å². The predicted molar refractivity (Wildman–Crippen MR) is 81.7 cm³/mol. The van der Waals surface area contributed by atoms with E-state index in [0.29, 0.717) is 16.9 Å². The fraction of sp³-hybridized carbons (Fsp3) is 0.235. The average Bonchev–Trinajstić information content (AvgIpc) is 2.40. The summed E-state index contributed by atoms with van der Waals surface area (Å²) in [5.74, 6) is -0.0578. The van der Waals surface area contributed by atoms with Crippen molar-refractivity contribution in [2.45, 2.75) is 26.4 Å². The van der Waals surface area contributed by atoms with Crippen LogP contribution in [0.15, 0.2) is 42.5 Å². The first-order valence-electron chi connectivity index (χ1n) is 6.55. The molecule has 0 aliphatic carbocycles. The maximum absolute atomic E-state index is 13.1. The normalized spacial score (nSPS) is 11.3. The van der Waals surface area contributed by atoms with Gasteiger partial charge in [0, 0.05) is 11.1 Å². The van der Waals surface area contributed by atoms with E-state index in [1.54, 1.807) is 24.3 Å². The second-order valence-corrected chi connectivity index (χ2v) is 6.10. The topological polar surface area (TPSA) is 26.3 Å². The molecule has 0 N–H and O–H groups in total. The number of carbonyl (C=O) groups excluding carboxylic acids is 1. The molecule has 0 aliphatic heterocycles. The smallest absolute Gasteiger partial charge is 0.193 e. The minimum absolute atomic E-state index is 0.0615. The Balaban J connectivity index is 2.22. The summed E-state index contributed by atoms with van der Waals surface area (Å²) in [4.78, 5) is 12.3. The largest absolute Gasteiger partial charge is 0.488 e. The third-order valence-electron chi connectivity index (χ3n) is 2.72. The van der Waals surface area contributed by atoms with Gasteiger partial charge in [0.2, 0.25) is 0 Å². The number of hydrogen-bond donors (Lipinski definition) is 0. The molecule has 0 spiro atoms. The number of ketones is 1. The molecule has 0 heterocycles. The highest BCUT2D eigenvalue weighted by Crippen LogP contribution is 2.22. The van der Waals surface area contributed by atoms with Crippen molar-refractivity contribution in [3.63, 3.8) is 0 Å². The summed E-state index contributed by atoms with van der Waals surface area (Å²) in [7, 11) is 0. The molecule has 0 aromatic heterocycles. The lowest BCUT2D eigenvalue weighted by atomic mass is 10.0. The van der Waals surface area contributed by atoms with Gasteiger partial charge in [0.15, 0.2) is 5.78 Å². The molecule has 0 saturated heterocycles. The molecule has 0 radical (unpaired) electrons. The van der Waals surface area contributed by atoms with E-state index in [1.807, 2.05) is 20.8 Å². The third-order valence-corrected chi connectivity index (χ3v) is 3.01. The fourth-order valence-electron chi connectivity index (χ4n) is 1.83. The van der Waals surface area contributed by atoms with E-state index >= 15 is 0 Å². The molecule has 0 fully saturated rings. The van der Waals surface area contributed by atoms with Gasteiger partial charge < -0.3 is 4.74 Å². The van der Waals surface area contributed by atoms with Gasteiger partial charge in [-0.05, 0) is 63.2 Å². The van der Waals surface area contributed by atoms with Crippen molar-refractivity contribution in [2.24, 2.45) is 0 Å². The second-order valence-electron chi connectivity index (χ2n) is 5.70. The lowest BCUT2D eigenvalue weighted by molar-refractivity contribution is 0.103. The van der Waals surface area contributed by atoms with Crippen LogP contribution < -0.4 is 4.74 Å². The predicted octanol–water partition coefficient (Wildman–Crippen LogP) is 4.89. The number of carbonyl (C=O) groups is 1. The van der Waals surface area contributed by atoms with Crippen LogP contribution in [0.1, 0.15) is 36.7 Å². The van der Waals surface area contributed by atoms with E-state index in [4.69, 9.17) is 16.3 Å². The highest BCUT2D eigenvalue weighted by atomic mass is 35.5. The third kappa shape index (κ3) is 4.05. The second kappa shape index (κ2) is 5.86. The molecule has 0 atom stereocenters. The van der Waals surface area contributed by atoms with Gasteiger partial charge in [-0.25, -0.2) is 4.39 Å². The van der Waals surface area contributed by atoms with Crippen molar-refractivity contribution < 1.29 is 13.9 Å². The van der Waals surface area contributed by atoms with Gasteiger partial charge in [-0.15, -0.1) is 0 Å². The molecule has 2 aromatic carbocycles. The van der Waals surface area contributed by atoms with Crippen molar-refractivity contribution in [3.05, 3.63) is 64.4 Å². The van der Waals surface area contributed by atoms with Gasteiger partial charge in [0.25, 0.3) is 0 Å². The number of hydrogen-bond acceptors (Lipinski definition) is 2. The van der Waals surface area contributed by atoms with Crippen LogP contribution in [0.5, 0.6) is 5.75 Å². The van der Waals surface area contributed by atoms with Crippen LogP contribution in [0.4, 0.5) is 4.39 Å². The SMILES string of the molecule is CC(C)(C)Oc1ccc(C(=O)c2ccc(F)c(Cl)c2)cc1. The van der Waals surface area contributed by atoms with Crippen LogP contribution in [0.2, 0.25) is 5.02 Å². The zero-order valence-corrected chi connectivity index (χ0v) is 12.9. The van der Waals surface area contributed by atoms with Crippen molar-refractivity contribution in [3.8, 4) is 5.75 Å². The zero-order chi connectivity index (χ0) is 15.6. The minimum Gasteiger partial charge on any atom is -0.488 e. The Kier molecular flexibility index (Phi) is 4.33. The van der Waals surface area contributed by atoms with E-state index in [-0.39, 0.29) is 16.4 Å². The number of benzene rings is 2. The molecule has 0 amide bonds. The number of halogens is 2. The quantitative estimate of drug-likeness (QED) is 0.755. The summed E-state index contributed by atoms with van der Waals surface area (Å²) < 4.78 is 18.8. The van der Waals surface area contributed by atoms with Gasteiger partial charge in [-0.3, -0.25) is 4.79 Å². The van der Waals surface area contributed by atoms with Gasteiger partial charge in [-0.2, -0.15) is 0 Å². The monoisotopic (exact) mass is 306 g/mol. The molecule has 4 heteroatoms. The van der Waals surface area contributed by atoms with Crippen LogP contribution >= 0.6 is 11.6 Å². The van der Waals surface area contributed by atoms with E-state index < -0.39 is 5.82 Å². The summed E-state index contributed by atoms with van der Waals surface area (Å²) in [6, 6.07) is 10.8. The van der Waals surface area contributed by atoms with E-state index in [2.05, 4.69) is 0 Å². The average molecular weight is 307 g/mol. The van der Waals surface area contributed by atoms with Gasteiger partial charge in [-0.1, -0.05) is 11.6 Å². The van der Waals surface area contributed by atoms with Gasteiger partial charge >= 0.3 is 0 Å². The highest BCUT2D eigenvalue weighted by Gasteiger charge is 2.14. The lowest BCUT2D eigenvalue weighted by Gasteiger charge is -2.21. The summed E-state index contributed by atoms with van der Waals surface area (Å²) in [5, 5.41) is -0.0615. The number of rotatable bonds is 3. The Morgan fingerprint density at radius 1 is 1.05 bits per heavy atom. The maximum atomic E-state index is 13.1. The summed E-state index contributed by atoms with van der Waals surface area (Å²) in [5.41, 5.74) is 0.556. The summed E-state index contributed by atoms with van der Waals surface area (Å²) in [6.45, 7) is 5.85. The molecule has 2 rings (SSSR count). The highest BCUT2D eigenvalue weighted by molar-refractivity contribution is 6.31. The Morgan fingerprint density at radius 3 is 2.14 bits per heavy atom. The fourth-order valence-corrected chi connectivity index (χ4v) is 2.01. The summed E-state index contributed by atoms with van der Waals surface area (Å²) in [6.07, 6.45) is 0. The maximum Gasteiger partial charge on any atom is 0.193 e. The molecular weight excluding hydrogens is 291 g/mol. The lowest BCUT2D eigenvalue weighted by Crippen LogP contribution is -2.22. The van der Waals surface area contributed by atoms with E-state index in [9.17, 15) is 9.18 Å². The van der Waals surface area contributed by atoms with Crippen LogP contribution in [0.3, 0.4) is 0 Å². The molecule has 0 unspecified atom stereocenters. The van der Waals surface area contributed by atoms with Crippen LogP contribution in [0, 0.1) is 5.82 Å². The van der Waals surface area contributed by atoms with Crippen molar-refractivity contribution in [1.29, 1.82) is 0 Å². The Morgan fingerprint density at radius 2 is 1.62 bits per heavy atom. The van der Waals surface area contributed by atoms with Gasteiger partial charge in [0.05, 0.1) is 5.02 Å². The molecule has 0 aliphatic rings. The molecule has 21 heavy (non-hydrogen) atoms. The molecule has 110 valence electrons. The molecule has 2 nitrogen and oxygen atoms in total. The zero-order valence-electron chi connectivity index (χ0n) is 12.1. The van der Waals surface area contributed by atoms with Crippen molar-refractivity contribution in [2.75, 3.05) is 0 Å². The summed E-state index contributed by atoms with van der Waals surface area (Å²) >= 11 is 5.70. The molecule has 2 aromatic rings. The standard InChI is InChI=1S/C17H16ClFO2/c1-17(2,3)21-13-7-4-11(5-8-13)16(20)12-6-9-15(19)14(18)10-12/h4-10H,1-3H3. The van der Waals surface area contributed by atoms with Crippen molar-refractivity contribution in [1.82, 2.24) is 0 Å². The van der Waals surface area contributed by atoms with Crippen LogP contribution in [-0.2, 0) is 0 Å². The van der Waals surface area contributed by atoms with Crippen LogP contribution in [0.25, 0.3) is 0 Å². The Hall–Kier alpha value is -1.87. The van der Waals surface area contributed by atoms with Crippen molar-refractivity contribution >= 4 is 17.4 Å². The molecular formula is C17H16ClFO2. The van der Waals surface area contributed by atoms with E-state index in [1.165, 1.54) is 18.2 Å². The molecule has 0 bridgehead atoms. The minimum atomic E-state index is -0.540. The first-order valence-corrected chi connectivity index (χ1v) is 6.93. The first kappa shape index (κ1) is 15.5. The number of ether oxygens (including phenoxy) is 1. The Bertz CT molecular complexity index is 657. The Labute approximate surface area is 128 Å². The van der Waals surface area contributed by atoms with E-state index in [0.717, 1.165) is 0 Å². The first-order chi connectivity index (χ1) is 9.76. The molecule has 0 saturated carbocycles.